The smallest absolute Gasteiger partial charge is 0.257 e. The monoisotopic (exact) mass is 221 g/mol. The summed E-state index contributed by atoms with van der Waals surface area (Å²) in [6.45, 7) is 5.12. The molecule has 16 heavy (non-hydrogen) atoms. The number of carbonyl (C=O) groups excluding carboxylic acids is 1. The Hall–Kier alpha value is -1.29. The van der Waals surface area contributed by atoms with E-state index in [9.17, 15) is 4.79 Å². The van der Waals surface area contributed by atoms with E-state index in [1.54, 1.807) is 0 Å². The third kappa shape index (κ3) is 1.37. The van der Waals surface area contributed by atoms with E-state index in [2.05, 4.69) is 0 Å². The number of nitrogens with zero attached hydrogens (tertiary/aromatic N) is 1. The topological polar surface area (TPSA) is 42.7 Å². The molecule has 0 radical (unpaired) electrons. The molecule has 1 aromatic heterocycles. The van der Waals surface area contributed by atoms with E-state index in [0.29, 0.717) is 17.9 Å². The van der Waals surface area contributed by atoms with Gasteiger partial charge in [-0.1, -0.05) is 0 Å². The summed E-state index contributed by atoms with van der Waals surface area (Å²) in [6, 6.07) is 2.09. The van der Waals surface area contributed by atoms with Gasteiger partial charge in [0.25, 0.3) is 5.91 Å². The molecule has 0 aliphatic carbocycles. The molecule has 2 bridgehead atoms. The molecule has 0 aromatic carbocycles. The van der Waals surface area contributed by atoms with E-state index in [1.807, 2.05) is 24.8 Å². The van der Waals surface area contributed by atoms with Crippen molar-refractivity contribution in [2.45, 2.75) is 32.4 Å². The molecule has 86 valence electrons. The third-order valence-corrected chi connectivity index (χ3v) is 3.43. The van der Waals surface area contributed by atoms with Crippen molar-refractivity contribution >= 4 is 5.91 Å². The fraction of sp³-hybridized carbons (Fsp3) is 0.583. The minimum atomic E-state index is 0.0881. The van der Waals surface area contributed by atoms with Crippen molar-refractivity contribution in [3.8, 4) is 0 Å². The molecule has 0 N–H and O–H groups in total. The van der Waals surface area contributed by atoms with Gasteiger partial charge in [0.15, 0.2) is 0 Å². The number of likely N-dealkylation sites (tertiary alicyclic amines) is 1. The molecule has 2 aliphatic heterocycles. The highest BCUT2D eigenvalue weighted by molar-refractivity contribution is 5.95. The van der Waals surface area contributed by atoms with Crippen LogP contribution in [0.25, 0.3) is 0 Å². The van der Waals surface area contributed by atoms with E-state index in [0.717, 1.165) is 18.7 Å². The van der Waals surface area contributed by atoms with Crippen LogP contribution in [0.4, 0.5) is 0 Å². The Kier molecular flexibility index (Phi) is 2.07. The van der Waals surface area contributed by atoms with Crippen LogP contribution in [-0.4, -0.2) is 36.1 Å². The number of fused-ring (bicyclic) bond motifs is 2. The maximum atomic E-state index is 12.3. The molecule has 1 amide bonds. The first kappa shape index (κ1) is 9.90. The number of ether oxygens (including phenoxy) is 1. The maximum Gasteiger partial charge on any atom is 0.257 e. The van der Waals surface area contributed by atoms with Crippen molar-refractivity contribution in [2.75, 3.05) is 13.2 Å². The molecular weight excluding hydrogens is 206 g/mol. The van der Waals surface area contributed by atoms with E-state index >= 15 is 0 Å². The zero-order valence-electron chi connectivity index (χ0n) is 9.53. The standard InChI is InChI=1S/C12H15NO3/c1-7-3-11(8(2)16-7)12(14)13-5-10-4-9(13)6-15-10/h3,9-10H,4-6H2,1-2H3. The highest BCUT2D eigenvalue weighted by Crippen LogP contribution is 2.30. The van der Waals surface area contributed by atoms with Crippen molar-refractivity contribution in [1.82, 2.24) is 4.90 Å². The average molecular weight is 221 g/mol. The molecule has 2 fully saturated rings. The molecule has 0 saturated carbocycles. The van der Waals surface area contributed by atoms with Gasteiger partial charge < -0.3 is 14.1 Å². The Balaban J connectivity index is 1.86. The van der Waals surface area contributed by atoms with Crippen molar-refractivity contribution in [3.63, 3.8) is 0 Å². The van der Waals surface area contributed by atoms with Crippen LogP contribution in [0.3, 0.4) is 0 Å². The van der Waals surface area contributed by atoms with Crippen LogP contribution >= 0.6 is 0 Å². The first-order valence-corrected chi connectivity index (χ1v) is 5.65. The fourth-order valence-electron chi connectivity index (χ4n) is 2.65. The average Bonchev–Trinajstić information content (AvgIpc) is 2.91. The van der Waals surface area contributed by atoms with Gasteiger partial charge in [0.05, 0.1) is 24.3 Å². The van der Waals surface area contributed by atoms with Gasteiger partial charge >= 0.3 is 0 Å². The summed E-state index contributed by atoms with van der Waals surface area (Å²) in [5.74, 6) is 1.60. The van der Waals surface area contributed by atoms with Crippen LogP contribution in [-0.2, 0) is 4.74 Å². The second kappa shape index (κ2) is 3.35. The Morgan fingerprint density at radius 3 is 2.81 bits per heavy atom. The maximum absolute atomic E-state index is 12.3. The fourth-order valence-corrected chi connectivity index (χ4v) is 2.65. The summed E-state index contributed by atoms with van der Waals surface area (Å²) in [5.41, 5.74) is 0.699. The number of morpholine rings is 1. The number of amides is 1. The predicted octanol–water partition coefficient (Wildman–Crippen LogP) is 1.51. The number of rotatable bonds is 1. The van der Waals surface area contributed by atoms with E-state index in [1.165, 1.54) is 0 Å². The number of aryl methyl sites for hydroxylation is 2. The van der Waals surface area contributed by atoms with Gasteiger partial charge in [-0.2, -0.15) is 0 Å². The molecular formula is C12H15NO3. The van der Waals surface area contributed by atoms with Crippen molar-refractivity contribution < 1.29 is 13.9 Å². The summed E-state index contributed by atoms with van der Waals surface area (Å²) in [5, 5.41) is 0. The summed E-state index contributed by atoms with van der Waals surface area (Å²) in [6.07, 6.45) is 1.24. The molecule has 3 rings (SSSR count). The molecule has 1 aromatic rings. The van der Waals surface area contributed by atoms with Gasteiger partial charge in [-0.05, 0) is 26.3 Å². The van der Waals surface area contributed by atoms with Crippen molar-refractivity contribution in [2.24, 2.45) is 0 Å². The summed E-state index contributed by atoms with van der Waals surface area (Å²) in [7, 11) is 0. The van der Waals surface area contributed by atoms with Gasteiger partial charge in [-0.25, -0.2) is 0 Å². The second-order valence-corrected chi connectivity index (χ2v) is 4.63. The number of hydrogen-bond donors (Lipinski definition) is 0. The molecule has 2 saturated heterocycles. The third-order valence-electron chi connectivity index (χ3n) is 3.43. The lowest BCUT2D eigenvalue weighted by Gasteiger charge is -2.26. The van der Waals surface area contributed by atoms with Crippen LogP contribution in [0, 0.1) is 13.8 Å². The Morgan fingerprint density at radius 2 is 2.31 bits per heavy atom. The van der Waals surface area contributed by atoms with Gasteiger partial charge in [0.1, 0.15) is 11.5 Å². The molecule has 2 unspecified atom stereocenters. The van der Waals surface area contributed by atoms with Crippen LogP contribution in [0.2, 0.25) is 0 Å². The largest absolute Gasteiger partial charge is 0.466 e. The normalized spacial score (nSPS) is 27.8. The SMILES string of the molecule is Cc1cc(C(=O)N2CC3CC2CO3)c(C)o1. The number of furan rings is 1. The van der Waals surface area contributed by atoms with Crippen LogP contribution in [0.15, 0.2) is 10.5 Å². The van der Waals surface area contributed by atoms with Crippen molar-refractivity contribution in [3.05, 3.63) is 23.2 Å². The minimum Gasteiger partial charge on any atom is -0.466 e. The number of hydrogen-bond acceptors (Lipinski definition) is 3. The summed E-state index contributed by atoms with van der Waals surface area (Å²) < 4.78 is 10.9. The van der Waals surface area contributed by atoms with Gasteiger partial charge in [0, 0.05) is 6.54 Å². The lowest BCUT2D eigenvalue weighted by atomic mass is 10.2. The highest BCUT2D eigenvalue weighted by Gasteiger charge is 2.42. The second-order valence-electron chi connectivity index (χ2n) is 4.63. The van der Waals surface area contributed by atoms with E-state index < -0.39 is 0 Å². The zero-order chi connectivity index (χ0) is 11.3. The van der Waals surface area contributed by atoms with Crippen molar-refractivity contribution in [1.29, 1.82) is 0 Å². The van der Waals surface area contributed by atoms with E-state index in [-0.39, 0.29) is 18.1 Å². The first-order valence-electron chi connectivity index (χ1n) is 5.65. The minimum absolute atomic E-state index is 0.0881. The molecule has 2 aliphatic rings. The molecule has 4 heteroatoms. The summed E-state index contributed by atoms with van der Waals surface area (Å²) in [4.78, 5) is 14.2. The lowest BCUT2D eigenvalue weighted by molar-refractivity contribution is 0.0258. The number of carbonyl (C=O) groups is 1. The zero-order valence-corrected chi connectivity index (χ0v) is 9.53. The van der Waals surface area contributed by atoms with Gasteiger partial charge in [-0.3, -0.25) is 4.79 Å². The Morgan fingerprint density at radius 1 is 1.50 bits per heavy atom. The predicted molar refractivity (Wildman–Crippen MR) is 57.4 cm³/mol. The van der Waals surface area contributed by atoms with E-state index in [4.69, 9.17) is 9.15 Å². The Bertz CT molecular complexity index is 437. The van der Waals surface area contributed by atoms with Gasteiger partial charge in [-0.15, -0.1) is 0 Å². The van der Waals surface area contributed by atoms with Crippen LogP contribution in [0.1, 0.15) is 28.3 Å². The summed E-state index contributed by atoms with van der Waals surface area (Å²) >= 11 is 0. The van der Waals surface area contributed by atoms with Crippen LogP contribution in [0.5, 0.6) is 0 Å². The molecule has 4 nitrogen and oxygen atoms in total. The quantitative estimate of drug-likeness (QED) is 0.722. The lowest BCUT2D eigenvalue weighted by Crippen LogP contribution is -2.41. The highest BCUT2D eigenvalue weighted by atomic mass is 16.5. The van der Waals surface area contributed by atoms with Crippen LogP contribution < -0.4 is 0 Å². The molecule has 0 spiro atoms. The first-order chi connectivity index (χ1) is 7.65. The Labute approximate surface area is 94.2 Å². The molecule has 3 heterocycles. The van der Waals surface area contributed by atoms with Gasteiger partial charge in [0.2, 0.25) is 0 Å². The molecule has 2 atom stereocenters.